The van der Waals surface area contributed by atoms with Crippen LogP contribution >= 0.6 is 23.2 Å². The standard InChI is InChI=1S/C21H17Cl2NO4/c22-11-1-6-16(15(23)9-11)27-13-4-2-12(3-5-13)24-20(25)18-10-7-14-17(8-10)28-21(26)19(14)18/h1-6,9-10,14,17-19H,7-8H2,(H,24,25)/t10-,14+,17-,18-,19-/m1/s1. The normalized spacial score (nSPS) is 29.6. The second kappa shape index (κ2) is 6.68. The molecule has 7 heteroatoms. The summed E-state index contributed by atoms with van der Waals surface area (Å²) in [5.74, 6) is 0.652. The van der Waals surface area contributed by atoms with Gasteiger partial charge in [-0.25, -0.2) is 0 Å². The van der Waals surface area contributed by atoms with Gasteiger partial charge in [0.2, 0.25) is 5.91 Å². The van der Waals surface area contributed by atoms with E-state index in [9.17, 15) is 9.59 Å². The molecule has 1 heterocycles. The minimum absolute atomic E-state index is 0.0303. The van der Waals surface area contributed by atoms with Gasteiger partial charge >= 0.3 is 5.97 Å². The van der Waals surface area contributed by atoms with Crippen molar-refractivity contribution in [2.24, 2.45) is 23.7 Å². The fourth-order valence-corrected chi connectivity index (χ4v) is 5.33. The molecule has 28 heavy (non-hydrogen) atoms. The zero-order valence-electron chi connectivity index (χ0n) is 14.7. The summed E-state index contributed by atoms with van der Waals surface area (Å²) in [6.07, 6.45) is 1.75. The van der Waals surface area contributed by atoms with Crippen molar-refractivity contribution in [1.29, 1.82) is 0 Å². The van der Waals surface area contributed by atoms with Crippen molar-refractivity contribution in [2.75, 3.05) is 5.32 Å². The van der Waals surface area contributed by atoms with Gasteiger partial charge in [0.25, 0.3) is 0 Å². The lowest BCUT2D eigenvalue weighted by molar-refractivity contribution is -0.145. The van der Waals surface area contributed by atoms with Crippen molar-refractivity contribution in [2.45, 2.75) is 18.9 Å². The number of anilines is 1. The molecule has 2 aromatic rings. The molecule has 2 aliphatic carbocycles. The maximum Gasteiger partial charge on any atom is 0.310 e. The van der Waals surface area contributed by atoms with Crippen molar-refractivity contribution in [3.63, 3.8) is 0 Å². The van der Waals surface area contributed by atoms with Crippen LogP contribution in [0.25, 0.3) is 0 Å². The molecule has 1 N–H and O–H groups in total. The highest BCUT2D eigenvalue weighted by Gasteiger charge is 2.63. The lowest BCUT2D eigenvalue weighted by Gasteiger charge is -2.23. The summed E-state index contributed by atoms with van der Waals surface area (Å²) in [6, 6.07) is 12.0. The molecular weight excluding hydrogens is 401 g/mol. The molecule has 0 spiro atoms. The number of nitrogens with one attached hydrogen (secondary N) is 1. The van der Waals surface area contributed by atoms with Gasteiger partial charge in [-0.2, -0.15) is 0 Å². The molecule has 0 aromatic heterocycles. The predicted molar refractivity (Wildman–Crippen MR) is 105 cm³/mol. The van der Waals surface area contributed by atoms with Gasteiger partial charge in [0, 0.05) is 16.6 Å². The molecule has 5 atom stereocenters. The minimum atomic E-state index is -0.292. The Labute approximate surface area is 171 Å². The Bertz CT molecular complexity index is 959. The molecule has 0 radical (unpaired) electrons. The average Bonchev–Trinajstić information content (AvgIpc) is 3.28. The molecule has 2 aromatic carbocycles. The quantitative estimate of drug-likeness (QED) is 0.716. The van der Waals surface area contributed by atoms with Crippen LogP contribution in [0.3, 0.4) is 0 Å². The van der Waals surface area contributed by atoms with E-state index >= 15 is 0 Å². The maximum absolute atomic E-state index is 12.8. The van der Waals surface area contributed by atoms with E-state index in [4.69, 9.17) is 32.7 Å². The van der Waals surface area contributed by atoms with Gasteiger partial charge in [-0.1, -0.05) is 23.2 Å². The summed E-state index contributed by atoms with van der Waals surface area (Å²) in [5, 5.41) is 3.89. The molecule has 2 bridgehead atoms. The summed E-state index contributed by atoms with van der Waals surface area (Å²) in [5.41, 5.74) is 0.658. The molecule has 2 saturated carbocycles. The number of hydrogen-bond donors (Lipinski definition) is 1. The van der Waals surface area contributed by atoms with Crippen LogP contribution in [0, 0.1) is 23.7 Å². The van der Waals surface area contributed by atoms with Crippen molar-refractivity contribution in [1.82, 2.24) is 0 Å². The molecule has 5 nitrogen and oxygen atoms in total. The molecule has 0 unspecified atom stereocenters. The first kappa shape index (κ1) is 17.8. The number of rotatable bonds is 4. The zero-order chi connectivity index (χ0) is 19.4. The van der Waals surface area contributed by atoms with Gasteiger partial charge in [0.1, 0.15) is 17.6 Å². The summed E-state index contributed by atoms with van der Waals surface area (Å²) < 4.78 is 11.2. The van der Waals surface area contributed by atoms with Crippen molar-refractivity contribution < 1.29 is 19.1 Å². The van der Waals surface area contributed by atoms with Crippen LogP contribution in [0.2, 0.25) is 10.0 Å². The van der Waals surface area contributed by atoms with Gasteiger partial charge < -0.3 is 14.8 Å². The Kier molecular flexibility index (Phi) is 4.25. The number of ether oxygens (including phenoxy) is 2. The fourth-order valence-electron chi connectivity index (χ4n) is 4.88. The van der Waals surface area contributed by atoms with E-state index in [0.717, 1.165) is 12.8 Å². The van der Waals surface area contributed by atoms with Crippen LogP contribution in [-0.2, 0) is 14.3 Å². The van der Waals surface area contributed by atoms with E-state index in [1.54, 1.807) is 42.5 Å². The highest BCUT2D eigenvalue weighted by atomic mass is 35.5. The highest BCUT2D eigenvalue weighted by Crippen LogP contribution is 2.57. The number of carbonyl (C=O) groups is 2. The molecule has 144 valence electrons. The van der Waals surface area contributed by atoms with E-state index in [0.29, 0.717) is 27.2 Å². The Morgan fingerprint density at radius 1 is 1.11 bits per heavy atom. The number of hydrogen-bond acceptors (Lipinski definition) is 4. The van der Waals surface area contributed by atoms with Crippen LogP contribution in [0.5, 0.6) is 11.5 Å². The Morgan fingerprint density at radius 3 is 2.64 bits per heavy atom. The summed E-state index contributed by atoms with van der Waals surface area (Å²) in [6.45, 7) is 0. The molecule has 1 saturated heterocycles. The van der Waals surface area contributed by atoms with E-state index < -0.39 is 0 Å². The monoisotopic (exact) mass is 417 g/mol. The fraction of sp³-hybridized carbons (Fsp3) is 0.333. The van der Waals surface area contributed by atoms with Crippen molar-refractivity contribution >= 4 is 40.8 Å². The number of halogens is 2. The van der Waals surface area contributed by atoms with E-state index in [-0.39, 0.29) is 41.7 Å². The smallest absolute Gasteiger partial charge is 0.310 e. The lowest BCUT2D eigenvalue weighted by Crippen LogP contribution is -2.35. The first-order valence-corrected chi connectivity index (χ1v) is 9.99. The van der Waals surface area contributed by atoms with Crippen LogP contribution in [0.15, 0.2) is 42.5 Å². The lowest BCUT2D eigenvalue weighted by atomic mass is 9.79. The van der Waals surface area contributed by atoms with Crippen LogP contribution in [-0.4, -0.2) is 18.0 Å². The van der Waals surface area contributed by atoms with Crippen LogP contribution in [0.4, 0.5) is 5.69 Å². The largest absolute Gasteiger partial charge is 0.462 e. The third-order valence-electron chi connectivity index (χ3n) is 6.03. The Hall–Kier alpha value is -2.24. The molecular formula is C21H17Cl2NO4. The zero-order valence-corrected chi connectivity index (χ0v) is 16.2. The van der Waals surface area contributed by atoms with Gasteiger partial charge in [0.05, 0.1) is 16.9 Å². The molecule has 5 rings (SSSR count). The Balaban J connectivity index is 1.26. The van der Waals surface area contributed by atoms with Gasteiger partial charge in [-0.3, -0.25) is 9.59 Å². The van der Waals surface area contributed by atoms with E-state index in [2.05, 4.69) is 5.32 Å². The summed E-state index contributed by atoms with van der Waals surface area (Å²) in [4.78, 5) is 24.9. The number of fused-ring (bicyclic) bond motifs is 1. The average molecular weight is 418 g/mol. The SMILES string of the molecule is O=C(Nc1ccc(Oc2ccc(Cl)cc2Cl)cc1)[C@@H]1[C@@H]2C[C@@H]3[C@H]1C(=O)O[C@@H]3C2. The van der Waals surface area contributed by atoms with Gasteiger partial charge in [0.15, 0.2) is 0 Å². The first-order valence-electron chi connectivity index (χ1n) is 9.24. The number of esters is 1. The van der Waals surface area contributed by atoms with Crippen LogP contribution < -0.4 is 10.1 Å². The topological polar surface area (TPSA) is 64.6 Å². The van der Waals surface area contributed by atoms with Gasteiger partial charge in [-0.05, 0) is 61.2 Å². The predicted octanol–water partition coefficient (Wildman–Crippen LogP) is 4.92. The second-order valence-electron chi connectivity index (χ2n) is 7.61. The number of carbonyl (C=O) groups excluding carboxylic acids is 2. The molecule has 3 fully saturated rings. The maximum atomic E-state index is 12.8. The summed E-state index contributed by atoms with van der Waals surface area (Å²) in [7, 11) is 0. The van der Waals surface area contributed by atoms with Crippen molar-refractivity contribution in [3.8, 4) is 11.5 Å². The molecule has 1 aliphatic heterocycles. The summed E-state index contributed by atoms with van der Waals surface area (Å²) >= 11 is 12.0. The van der Waals surface area contributed by atoms with E-state index in [1.165, 1.54) is 0 Å². The minimum Gasteiger partial charge on any atom is -0.462 e. The third kappa shape index (κ3) is 2.93. The van der Waals surface area contributed by atoms with Gasteiger partial charge in [-0.15, -0.1) is 0 Å². The number of benzene rings is 2. The molecule has 3 aliphatic rings. The second-order valence-corrected chi connectivity index (χ2v) is 8.46. The van der Waals surface area contributed by atoms with Crippen LogP contribution in [0.1, 0.15) is 12.8 Å². The number of amides is 1. The van der Waals surface area contributed by atoms with E-state index in [1.807, 2.05) is 0 Å². The third-order valence-corrected chi connectivity index (χ3v) is 6.56. The first-order chi connectivity index (χ1) is 13.5. The highest BCUT2D eigenvalue weighted by molar-refractivity contribution is 6.35. The van der Waals surface area contributed by atoms with Crippen molar-refractivity contribution in [3.05, 3.63) is 52.5 Å². The molecule has 1 amide bonds. The Morgan fingerprint density at radius 2 is 1.89 bits per heavy atom.